The number of aryl methyl sites for hydroxylation is 1. The number of carbonyl (C=O) groups is 3. The van der Waals surface area contributed by atoms with E-state index in [0.29, 0.717) is 5.69 Å². The van der Waals surface area contributed by atoms with Crippen LogP contribution in [0.2, 0.25) is 0 Å². The predicted molar refractivity (Wildman–Crippen MR) is 68.8 cm³/mol. The minimum absolute atomic E-state index is 0.124. The van der Waals surface area contributed by atoms with Crippen LogP contribution in [-0.2, 0) is 14.4 Å². The highest BCUT2D eigenvalue weighted by molar-refractivity contribution is 6.05. The Balaban J connectivity index is 1.83. The van der Waals surface area contributed by atoms with Gasteiger partial charge in [-0.25, -0.2) is 0 Å². The minimum Gasteiger partial charge on any atom is -0.326 e. The number of hydrogen-bond donors (Lipinski definition) is 3. The number of carbonyl (C=O) groups excluding carboxylic acids is 3. The monoisotopic (exact) mass is 261 g/mol. The molecule has 1 aliphatic heterocycles. The van der Waals surface area contributed by atoms with Gasteiger partial charge < -0.3 is 5.32 Å². The molecule has 0 atom stereocenters. The summed E-state index contributed by atoms with van der Waals surface area (Å²) < 4.78 is 0. The second-order valence-corrected chi connectivity index (χ2v) is 4.48. The van der Waals surface area contributed by atoms with Gasteiger partial charge in [0.25, 0.3) is 11.8 Å². The van der Waals surface area contributed by atoms with Crippen molar-refractivity contribution in [1.29, 1.82) is 0 Å². The van der Waals surface area contributed by atoms with E-state index in [-0.39, 0.29) is 30.6 Å². The summed E-state index contributed by atoms with van der Waals surface area (Å²) >= 11 is 0. The first-order chi connectivity index (χ1) is 9.06. The molecule has 2 rings (SSSR count). The second kappa shape index (κ2) is 5.51. The Morgan fingerprint density at radius 1 is 1.16 bits per heavy atom. The largest absolute Gasteiger partial charge is 0.326 e. The van der Waals surface area contributed by atoms with Gasteiger partial charge in [-0.15, -0.1) is 0 Å². The van der Waals surface area contributed by atoms with Crippen molar-refractivity contribution in [1.82, 2.24) is 10.9 Å². The Kier molecular flexibility index (Phi) is 3.79. The lowest BCUT2D eigenvalue weighted by Crippen LogP contribution is -2.28. The summed E-state index contributed by atoms with van der Waals surface area (Å²) in [5, 5.41) is 2.72. The fraction of sp³-hybridized carbons (Fsp3) is 0.308. The first-order valence-corrected chi connectivity index (χ1v) is 6.02. The van der Waals surface area contributed by atoms with Crippen molar-refractivity contribution < 1.29 is 14.4 Å². The average molecular weight is 261 g/mol. The van der Waals surface area contributed by atoms with Crippen LogP contribution >= 0.6 is 0 Å². The molecule has 0 bridgehead atoms. The molecule has 0 radical (unpaired) electrons. The molecule has 3 amide bonds. The highest BCUT2D eigenvalue weighted by atomic mass is 16.2. The Bertz CT molecular complexity index is 494. The first kappa shape index (κ1) is 13.1. The van der Waals surface area contributed by atoms with E-state index in [1.54, 1.807) is 0 Å². The van der Waals surface area contributed by atoms with Crippen LogP contribution < -0.4 is 16.2 Å². The van der Waals surface area contributed by atoms with Crippen LogP contribution in [-0.4, -0.2) is 17.7 Å². The molecule has 1 aliphatic rings. The quantitative estimate of drug-likeness (QED) is 0.689. The van der Waals surface area contributed by atoms with E-state index in [0.717, 1.165) is 5.56 Å². The molecule has 1 saturated heterocycles. The number of nitrogens with one attached hydrogen (secondary N) is 3. The average Bonchev–Trinajstić information content (AvgIpc) is 2.70. The van der Waals surface area contributed by atoms with Crippen molar-refractivity contribution in [2.75, 3.05) is 5.32 Å². The summed E-state index contributed by atoms with van der Waals surface area (Å²) in [4.78, 5) is 34.2. The lowest BCUT2D eigenvalue weighted by molar-refractivity contribution is -0.128. The molecule has 6 nitrogen and oxygen atoms in total. The van der Waals surface area contributed by atoms with E-state index in [4.69, 9.17) is 0 Å². The van der Waals surface area contributed by atoms with E-state index in [1.165, 1.54) is 0 Å². The van der Waals surface area contributed by atoms with Gasteiger partial charge in [0, 0.05) is 12.1 Å². The first-order valence-electron chi connectivity index (χ1n) is 6.02. The second-order valence-electron chi connectivity index (χ2n) is 4.48. The Morgan fingerprint density at radius 3 is 2.32 bits per heavy atom. The van der Waals surface area contributed by atoms with Crippen LogP contribution in [0.15, 0.2) is 24.3 Å². The number of benzene rings is 1. The zero-order valence-electron chi connectivity index (χ0n) is 10.5. The molecule has 1 aromatic rings. The van der Waals surface area contributed by atoms with E-state index >= 15 is 0 Å². The molecule has 0 aromatic heterocycles. The molecule has 100 valence electrons. The molecular formula is C13H15N3O3. The van der Waals surface area contributed by atoms with Gasteiger partial charge in [-0.3, -0.25) is 25.2 Å². The lowest BCUT2D eigenvalue weighted by Gasteiger charge is -2.06. The fourth-order valence-corrected chi connectivity index (χ4v) is 1.81. The van der Waals surface area contributed by atoms with Gasteiger partial charge in [-0.2, -0.15) is 0 Å². The third-order valence-corrected chi connectivity index (χ3v) is 2.94. The maximum absolute atomic E-state index is 11.7. The summed E-state index contributed by atoms with van der Waals surface area (Å²) in [6.07, 6.45) is 0.328. The third-order valence-electron chi connectivity index (χ3n) is 2.94. The van der Waals surface area contributed by atoms with Gasteiger partial charge >= 0.3 is 0 Å². The van der Waals surface area contributed by atoms with Gasteiger partial charge in [0.05, 0.1) is 0 Å². The standard InChI is InChI=1S/C13H15N3O3/c1-8-2-4-9(5-3-8)14-11(17)7-6-10-12(18)15-16-13(10)19/h2-5,10H,6-7H2,1H3,(H,14,17)(H,15,18)(H,16,19). The van der Waals surface area contributed by atoms with Crippen LogP contribution in [0.1, 0.15) is 18.4 Å². The van der Waals surface area contributed by atoms with Crippen LogP contribution in [0.5, 0.6) is 0 Å². The Labute approximate surface area is 110 Å². The zero-order chi connectivity index (χ0) is 13.8. The van der Waals surface area contributed by atoms with Crippen LogP contribution in [0, 0.1) is 12.8 Å². The molecule has 6 heteroatoms. The molecule has 1 aromatic carbocycles. The zero-order valence-corrected chi connectivity index (χ0v) is 10.5. The van der Waals surface area contributed by atoms with Crippen LogP contribution in [0.4, 0.5) is 5.69 Å². The van der Waals surface area contributed by atoms with Gasteiger partial charge in [-0.05, 0) is 25.5 Å². The van der Waals surface area contributed by atoms with E-state index in [1.807, 2.05) is 31.2 Å². The molecule has 0 aliphatic carbocycles. The SMILES string of the molecule is Cc1ccc(NC(=O)CCC2C(=O)NNC2=O)cc1. The number of rotatable bonds is 4. The minimum atomic E-state index is -0.774. The van der Waals surface area contributed by atoms with Crippen LogP contribution in [0.25, 0.3) is 0 Å². The van der Waals surface area contributed by atoms with Gasteiger partial charge in [-0.1, -0.05) is 17.7 Å². The van der Waals surface area contributed by atoms with Crippen molar-refractivity contribution in [2.24, 2.45) is 5.92 Å². The lowest BCUT2D eigenvalue weighted by atomic mass is 10.0. The van der Waals surface area contributed by atoms with Crippen molar-refractivity contribution in [3.05, 3.63) is 29.8 Å². The number of hydrogen-bond acceptors (Lipinski definition) is 3. The smallest absolute Gasteiger partial charge is 0.251 e. The van der Waals surface area contributed by atoms with Gasteiger partial charge in [0.15, 0.2) is 0 Å². The summed E-state index contributed by atoms with van der Waals surface area (Å²) in [6, 6.07) is 7.41. The van der Waals surface area contributed by atoms with Crippen molar-refractivity contribution in [3.8, 4) is 0 Å². The maximum Gasteiger partial charge on any atom is 0.251 e. The molecule has 3 N–H and O–H groups in total. The normalized spacial score (nSPS) is 15.0. The number of hydrazine groups is 1. The van der Waals surface area contributed by atoms with Crippen LogP contribution in [0.3, 0.4) is 0 Å². The molecular weight excluding hydrogens is 246 g/mol. The van der Waals surface area contributed by atoms with Gasteiger partial charge in [0.1, 0.15) is 5.92 Å². The fourth-order valence-electron chi connectivity index (χ4n) is 1.81. The van der Waals surface area contributed by atoms with E-state index in [9.17, 15) is 14.4 Å². The summed E-state index contributed by atoms with van der Waals surface area (Å²) in [5.74, 6) is -1.75. The molecule has 1 fully saturated rings. The molecule has 1 heterocycles. The maximum atomic E-state index is 11.7. The Morgan fingerprint density at radius 2 is 1.74 bits per heavy atom. The number of amides is 3. The van der Waals surface area contributed by atoms with E-state index in [2.05, 4.69) is 16.2 Å². The highest BCUT2D eigenvalue weighted by Gasteiger charge is 2.32. The van der Waals surface area contributed by atoms with Crippen molar-refractivity contribution in [3.63, 3.8) is 0 Å². The third kappa shape index (κ3) is 3.31. The molecule has 0 saturated carbocycles. The Hall–Kier alpha value is -2.37. The molecule has 0 spiro atoms. The summed E-state index contributed by atoms with van der Waals surface area (Å²) in [6.45, 7) is 1.96. The molecule has 19 heavy (non-hydrogen) atoms. The summed E-state index contributed by atoms with van der Waals surface area (Å²) in [5.41, 5.74) is 6.27. The van der Waals surface area contributed by atoms with Crippen molar-refractivity contribution in [2.45, 2.75) is 19.8 Å². The van der Waals surface area contributed by atoms with E-state index < -0.39 is 5.92 Å². The number of anilines is 1. The predicted octanol–water partition coefficient (Wildman–Crippen LogP) is 0.491. The van der Waals surface area contributed by atoms with Crippen molar-refractivity contribution >= 4 is 23.4 Å². The highest BCUT2D eigenvalue weighted by Crippen LogP contribution is 2.13. The summed E-state index contributed by atoms with van der Waals surface area (Å²) in [7, 11) is 0. The topological polar surface area (TPSA) is 87.3 Å². The molecule has 0 unspecified atom stereocenters. The van der Waals surface area contributed by atoms with Gasteiger partial charge in [0.2, 0.25) is 5.91 Å².